The number of benzene rings is 2. The molecule has 0 amide bonds. The normalized spacial score (nSPS) is 10.3. The highest BCUT2D eigenvalue weighted by Crippen LogP contribution is 2.25. The van der Waals surface area contributed by atoms with Crippen molar-refractivity contribution in [2.45, 2.75) is 12.5 Å². The van der Waals surface area contributed by atoms with Crippen molar-refractivity contribution in [1.29, 1.82) is 0 Å². The number of hydrogen-bond acceptors (Lipinski definition) is 2. The van der Waals surface area contributed by atoms with E-state index in [1.807, 2.05) is 36.4 Å². The van der Waals surface area contributed by atoms with Crippen LogP contribution in [-0.2, 0) is 12.5 Å². The average molecular weight is 297 g/mol. The zero-order chi connectivity index (χ0) is 13.7. The Kier molecular flexibility index (Phi) is 4.94. The van der Waals surface area contributed by atoms with Gasteiger partial charge in [0.1, 0.15) is 18.1 Å². The fourth-order valence-corrected chi connectivity index (χ4v) is 2.08. The molecule has 2 nitrogen and oxygen atoms in total. The molecular weight excluding hydrogens is 283 g/mol. The highest BCUT2D eigenvalue weighted by Gasteiger charge is 2.04. The Balaban J connectivity index is 2.05. The van der Waals surface area contributed by atoms with Gasteiger partial charge in [0.15, 0.2) is 0 Å². The zero-order valence-electron chi connectivity index (χ0n) is 10.5. The maximum absolute atomic E-state index is 5.92. The van der Waals surface area contributed by atoms with Crippen LogP contribution in [0.4, 0.5) is 0 Å². The Morgan fingerprint density at radius 1 is 1.05 bits per heavy atom. The van der Waals surface area contributed by atoms with Gasteiger partial charge in [-0.15, -0.1) is 11.6 Å². The van der Waals surface area contributed by atoms with Crippen LogP contribution in [0.3, 0.4) is 0 Å². The third-order valence-corrected chi connectivity index (χ3v) is 3.24. The summed E-state index contributed by atoms with van der Waals surface area (Å²) in [4.78, 5) is 0. The molecule has 0 aromatic heterocycles. The van der Waals surface area contributed by atoms with Crippen molar-refractivity contribution >= 4 is 23.2 Å². The second-order valence-electron chi connectivity index (χ2n) is 4.02. The predicted octanol–water partition coefficient (Wildman–Crippen LogP) is 4.67. The third kappa shape index (κ3) is 3.79. The number of halogens is 2. The molecule has 0 bridgehead atoms. The molecule has 100 valence electrons. The van der Waals surface area contributed by atoms with Crippen molar-refractivity contribution in [3.63, 3.8) is 0 Å². The van der Waals surface area contributed by atoms with Crippen LogP contribution < -0.4 is 9.47 Å². The van der Waals surface area contributed by atoms with Gasteiger partial charge in [-0.2, -0.15) is 0 Å². The number of alkyl halides is 1. The summed E-state index contributed by atoms with van der Waals surface area (Å²) in [6.07, 6.45) is 0. The first-order valence-corrected chi connectivity index (χ1v) is 6.74. The lowest BCUT2D eigenvalue weighted by Crippen LogP contribution is -1.98. The first kappa shape index (κ1) is 14.0. The van der Waals surface area contributed by atoms with Crippen LogP contribution in [0.5, 0.6) is 11.5 Å². The van der Waals surface area contributed by atoms with Gasteiger partial charge in [0, 0.05) is 10.6 Å². The van der Waals surface area contributed by atoms with Crippen molar-refractivity contribution in [3.05, 3.63) is 58.6 Å². The SMILES string of the molecule is COc1ccc(COc2ccc(Cl)cc2CCl)cc1. The van der Waals surface area contributed by atoms with E-state index in [0.717, 1.165) is 22.6 Å². The molecule has 0 aliphatic heterocycles. The number of hydrogen-bond donors (Lipinski definition) is 0. The van der Waals surface area contributed by atoms with E-state index in [1.165, 1.54) is 0 Å². The minimum atomic E-state index is 0.374. The molecule has 19 heavy (non-hydrogen) atoms. The maximum Gasteiger partial charge on any atom is 0.124 e. The molecule has 0 aliphatic carbocycles. The minimum absolute atomic E-state index is 0.374. The molecule has 0 saturated heterocycles. The Labute approximate surface area is 122 Å². The van der Waals surface area contributed by atoms with Crippen LogP contribution >= 0.6 is 23.2 Å². The van der Waals surface area contributed by atoms with E-state index in [-0.39, 0.29) is 0 Å². The zero-order valence-corrected chi connectivity index (χ0v) is 12.0. The van der Waals surface area contributed by atoms with E-state index >= 15 is 0 Å². The lowest BCUT2D eigenvalue weighted by molar-refractivity contribution is 0.303. The molecule has 0 N–H and O–H groups in total. The van der Waals surface area contributed by atoms with E-state index in [2.05, 4.69) is 0 Å². The third-order valence-electron chi connectivity index (χ3n) is 2.72. The number of methoxy groups -OCH3 is 1. The minimum Gasteiger partial charge on any atom is -0.497 e. The fourth-order valence-electron chi connectivity index (χ4n) is 1.68. The molecule has 0 heterocycles. The van der Waals surface area contributed by atoms with Crippen molar-refractivity contribution in [1.82, 2.24) is 0 Å². The van der Waals surface area contributed by atoms with Crippen LogP contribution in [-0.4, -0.2) is 7.11 Å². The van der Waals surface area contributed by atoms with Crippen molar-refractivity contribution in [2.24, 2.45) is 0 Å². The molecule has 4 heteroatoms. The van der Waals surface area contributed by atoms with Gasteiger partial charge in [0.25, 0.3) is 0 Å². The van der Waals surface area contributed by atoms with Gasteiger partial charge in [-0.1, -0.05) is 23.7 Å². The van der Waals surface area contributed by atoms with E-state index in [1.54, 1.807) is 13.2 Å². The summed E-state index contributed by atoms with van der Waals surface area (Å²) in [5.41, 5.74) is 1.96. The lowest BCUT2D eigenvalue weighted by atomic mass is 10.2. The monoisotopic (exact) mass is 296 g/mol. The van der Waals surface area contributed by atoms with E-state index in [9.17, 15) is 0 Å². The summed E-state index contributed by atoms with van der Waals surface area (Å²) in [7, 11) is 1.64. The summed E-state index contributed by atoms with van der Waals surface area (Å²) in [6, 6.07) is 13.2. The van der Waals surface area contributed by atoms with Crippen LogP contribution in [0.25, 0.3) is 0 Å². The Hall–Kier alpha value is -1.38. The highest BCUT2D eigenvalue weighted by atomic mass is 35.5. The first-order chi connectivity index (χ1) is 9.22. The van der Waals surface area contributed by atoms with Gasteiger partial charge in [0.05, 0.1) is 13.0 Å². The van der Waals surface area contributed by atoms with Gasteiger partial charge < -0.3 is 9.47 Å². The molecule has 2 rings (SSSR count). The Morgan fingerprint density at radius 2 is 1.79 bits per heavy atom. The molecule has 0 fully saturated rings. The molecule has 2 aromatic rings. The average Bonchev–Trinajstić information content (AvgIpc) is 2.46. The van der Waals surface area contributed by atoms with Crippen molar-refractivity contribution in [3.8, 4) is 11.5 Å². The summed E-state index contributed by atoms with van der Waals surface area (Å²) in [5, 5.41) is 0.660. The van der Waals surface area contributed by atoms with Gasteiger partial charge in [-0.25, -0.2) is 0 Å². The smallest absolute Gasteiger partial charge is 0.124 e. The fraction of sp³-hybridized carbons (Fsp3) is 0.200. The molecular formula is C15H14Cl2O2. The standard InChI is InChI=1S/C15H14Cl2O2/c1-18-14-5-2-11(3-6-14)10-19-15-7-4-13(17)8-12(15)9-16/h2-8H,9-10H2,1H3. The summed E-state index contributed by atoms with van der Waals surface area (Å²) in [6.45, 7) is 0.482. The Morgan fingerprint density at radius 3 is 2.42 bits per heavy atom. The second-order valence-corrected chi connectivity index (χ2v) is 4.73. The van der Waals surface area contributed by atoms with Crippen LogP contribution in [0.1, 0.15) is 11.1 Å². The van der Waals surface area contributed by atoms with E-state index in [4.69, 9.17) is 32.7 Å². The molecule has 0 unspecified atom stereocenters. The summed E-state index contributed by atoms with van der Waals surface area (Å²) >= 11 is 11.8. The largest absolute Gasteiger partial charge is 0.497 e. The van der Waals surface area contributed by atoms with Gasteiger partial charge in [0.2, 0.25) is 0 Å². The molecule has 0 aliphatic rings. The van der Waals surface area contributed by atoms with Crippen LogP contribution in [0.15, 0.2) is 42.5 Å². The number of rotatable bonds is 5. The van der Waals surface area contributed by atoms with Crippen molar-refractivity contribution < 1.29 is 9.47 Å². The van der Waals surface area contributed by atoms with E-state index < -0.39 is 0 Å². The van der Waals surface area contributed by atoms with Gasteiger partial charge in [-0.05, 0) is 35.9 Å². The molecule has 2 aromatic carbocycles. The lowest BCUT2D eigenvalue weighted by Gasteiger charge is -2.10. The van der Waals surface area contributed by atoms with Gasteiger partial charge in [-0.3, -0.25) is 0 Å². The van der Waals surface area contributed by atoms with E-state index in [0.29, 0.717) is 17.5 Å². The Bertz CT molecular complexity index is 538. The van der Waals surface area contributed by atoms with Crippen LogP contribution in [0, 0.1) is 0 Å². The summed E-state index contributed by atoms with van der Waals surface area (Å²) < 4.78 is 10.9. The second kappa shape index (κ2) is 6.69. The summed E-state index contributed by atoms with van der Waals surface area (Å²) in [5.74, 6) is 1.96. The quantitative estimate of drug-likeness (QED) is 0.747. The highest BCUT2D eigenvalue weighted by molar-refractivity contribution is 6.30. The molecule has 0 radical (unpaired) electrons. The van der Waals surface area contributed by atoms with Gasteiger partial charge >= 0.3 is 0 Å². The topological polar surface area (TPSA) is 18.5 Å². The molecule has 0 spiro atoms. The predicted molar refractivity (Wildman–Crippen MR) is 78.3 cm³/mol. The number of ether oxygens (including phenoxy) is 2. The van der Waals surface area contributed by atoms with Crippen LogP contribution in [0.2, 0.25) is 5.02 Å². The molecule has 0 atom stereocenters. The first-order valence-electron chi connectivity index (χ1n) is 5.83. The maximum atomic E-state index is 5.92. The molecule has 0 saturated carbocycles. The van der Waals surface area contributed by atoms with Crippen molar-refractivity contribution in [2.75, 3.05) is 7.11 Å².